The van der Waals surface area contributed by atoms with Crippen LogP contribution in [0.15, 0.2) is 0 Å². The first-order valence-electron chi connectivity index (χ1n) is 23.5. The summed E-state index contributed by atoms with van der Waals surface area (Å²) in [6, 6.07) is 0. The van der Waals surface area contributed by atoms with Crippen molar-refractivity contribution in [2.24, 2.45) is 0 Å². The molecular formula is C47H94O2. The highest BCUT2D eigenvalue weighted by atomic mass is 16.5. The van der Waals surface area contributed by atoms with E-state index in [1.54, 1.807) is 0 Å². The smallest absolute Gasteiger partial charge is 0.305 e. The molecule has 294 valence electrons. The quantitative estimate of drug-likeness (QED) is 0.0470. The monoisotopic (exact) mass is 691 g/mol. The van der Waals surface area contributed by atoms with Gasteiger partial charge in [0.25, 0.3) is 0 Å². The van der Waals surface area contributed by atoms with Crippen LogP contribution in [0.5, 0.6) is 0 Å². The van der Waals surface area contributed by atoms with Crippen molar-refractivity contribution in [2.45, 2.75) is 290 Å². The minimum atomic E-state index is 0.0314. The molecule has 0 spiro atoms. The summed E-state index contributed by atoms with van der Waals surface area (Å²) in [6.07, 6.45) is 59.4. The fraction of sp³-hybridized carbons (Fsp3) is 0.979. The predicted molar refractivity (Wildman–Crippen MR) is 221 cm³/mol. The molecule has 0 unspecified atom stereocenters. The molecule has 0 atom stereocenters. The molecule has 0 saturated heterocycles. The average Bonchev–Trinajstić information content (AvgIpc) is 3.11. The summed E-state index contributed by atoms with van der Waals surface area (Å²) in [5.74, 6) is 0.0314. The molecule has 0 aliphatic carbocycles. The van der Waals surface area contributed by atoms with Gasteiger partial charge in [-0.25, -0.2) is 0 Å². The Balaban J connectivity index is 3.12. The Bertz CT molecular complexity index is 587. The number of ether oxygens (including phenoxy) is 1. The van der Waals surface area contributed by atoms with Crippen LogP contribution in [0.1, 0.15) is 290 Å². The highest BCUT2D eigenvalue weighted by Gasteiger charge is 2.03. The summed E-state index contributed by atoms with van der Waals surface area (Å²) in [5.41, 5.74) is 0. The Morgan fingerprint density at radius 1 is 0.265 bits per heavy atom. The van der Waals surface area contributed by atoms with Gasteiger partial charge in [0.15, 0.2) is 0 Å². The summed E-state index contributed by atoms with van der Waals surface area (Å²) in [4.78, 5) is 12.0. The van der Waals surface area contributed by atoms with Crippen molar-refractivity contribution in [3.05, 3.63) is 0 Å². The van der Waals surface area contributed by atoms with Gasteiger partial charge in [-0.15, -0.1) is 0 Å². The van der Waals surface area contributed by atoms with Gasteiger partial charge in [-0.3, -0.25) is 4.79 Å². The standard InChI is InChI=1S/C47H94O2/c1-3-5-7-9-11-13-15-17-19-20-21-22-23-24-25-26-27-28-29-30-31-32-34-36-38-40-42-44-46-49-47(48)45-43-41-39-37-35-33-18-16-14-12-10-8-6-4-2/h3-46H2,1-2H3. The SMILES string of the molecule is CCCCCCCCCCCCCCCCCCCCCCCCCCCCCCOC(=O)CCCCCCCCCCCCCCCC. The molecule has 0 amide bonds. The number of unbranched alkanes of at least 4 members (excludes halogenated alkanes) is 40. The normalized spacial score (nSPS) is 11.5. The molecule has 0 heterocycles. The first-order valence-corrected chi connectivity index (χ1v) is 23.5. The van der Waals surface area contributed by atoms with E-state index >= 15 is 0 Å². The molecule has 0 aliphatic rings. The lowest BCUT2D eigenvalue weighted by molar-refractivity contribution is -0.143. The van der Waals surface area contributed by atoms with Crippen molar-refractivity contribution < 1.29 is 9.53 Å². The van der Waals surface area contributed by atoms with E-state index < -0.39 is 0 Å². The van der Waals surface area contributed by atoms with Gasteiger partial charge in [-0.05, 0) is 12.8 Å². The third-order valence-corrected chi connectivity index (χ3v) is 11.0. The largest absolute Gasteiger partial charge is 0.466 e. The van der Waals surface area contributed by atoms with Gasteiger partial charge < -0.3 is 4.74 Å². The van der Waals surface area contributed by atoms with E-state index in [2.05, 4.69) is 13.8 Å². The van der Waals surface area contributed by atoms with Gasteiger partial charge in [0, 0.05) is 6.42 Å². The fourth-order valence-electron chi connectivity index (χ4n) is 7.49. The molecule has 0 aromatic heterocycles. The Morgan fingerprint density at radius 2 is 0.449 bits per heavy atom. The van der Waals surface area contributed by atoms with Gasteiger partial charge in [0.2, 0.25) is 0 Å². The van der Waals surface area contributed by atoms with Crippen molar-refractivity contribution in [2.75, 3.05) is 6.61 Å². The Labute approximate surface area is 311 Å². The summed E-state index contributed by atoms with van der Waals surface area (Å²) in [7, 11) is 0. The van der Waals surface area contributed by atoms with Crippen molar-refractivity contribution >= 4 is 5.97 Å². The summed E-state index contributed by atoms with van der Waals surface area (Å²) >= 11 is 0. The molecule has 0 fully saturated rings. The van der Waals surface area contributed by atoms with Crippen LogP contribution in [0.3, 0.4) is 0 Å². The first kappa shape index (κ1) is 48.5. The second-order valence-corrected chi connectivity index (χ2v) is 16.1. The molecule has 0 aromatic carbocycles. The van der Waals surface area contributed by atoms with Gasteiger partial charge in [-0.2, -0.15) is 0 Å². The third-order valence-electron chi connectivity index (χ3n) is 11.0. The third kappa shape index (κ3) is 45.4. The predicted octanol–water partition coefficient (Wildman–Crippen LogP) is 17.3. The number of esters is 1. The molecular weight excluding hydrogens is 597 g/mol. The first-order chi connectivity index (χ1) is 24.3. The molecule has 2 nitrogen and oxygen atoms in total. The van der Waals surface area contributed by atoms with Crippen LogP contribution in [0, 0.1) is 0 Å². The molecule has 2 heteroatoms. The van der Waals surface area contributed by atoms with Crippen LogP contribution in [-0.2, 0) is 9.53 Å². The summed E-state index contributed by atoms with van der Waals surface area (Å²) in [6.45, 7) is 5.23. The zero-order chi connectivity index (χ0) is 35.4. The van der Waals surface area contributed by atoms with Crippen LogP contribution in [0.25, 0.3) is 0 Å². The average molecular weight is 691 g/mol. The van der Waals surface area contributed by atoms with Gasteiger partial charge >= 0.3 is 5.97 Å². The second kappa shape index (κ2) is 45.5. The Kier molecular flexibility index (Phi) is 45.0. The molecule has 0 bridgehead atoms. The zero-order valence-electron chi connectivity index (χ0n) is 34.4. The van der Waals surface area contributed by atoms with E-state index in [4.69, 9.17) is 4.74 Å². The maximum atomic E-state index is 12.0. The minimum Gasteiger partial charge on any atom is -0.466 e. The molecule has 0 aromatic rings. The van der Waals surface area contributed by atoms with Crippen molar-refractivity contribution in [1.29, 1.82) is 0 Å². The van der Waals surface area contributed by atoms with E-state index in [9.17, 15) is 4.79 Å². The van der Waals surface area contributed by atoms with Crippen molar-refractivity contribution in [3.8, 4) is 0 Å². The fourth-order valence-corrected chi connectivity index (χ4v) is 7.49. The van der Waals surface area contributed by atoms with E-state index in [0.717, 1.165) is 12.8 Å². The molecule has 0 aliphatic heterocycles. The highest BCUT2D eigenvalue weighted by molar-refractivity contribution is 5.69. The van der Waals surface area contributed by atoms with E-state index in [0.29, 0.717) is 13.0 Å². The van der Waals surface area contributed by atoms with E-state index in [1.165, 1.54) is 257 Å². The maximum absolute atomic E-state index is 12.0. The van der Waals surface area contributed by atoms with Crippen LogP contribution < -0.4 is 0 Å². The van der Waals surface area contributed by atoms with Crippen LogP contribution in [-0.4, -0.2) is 12.6 Å². The van der Waals surface area contributed by atoms with Crippen molar-refractivity contribution in [1.82, 2.24) is 0 Å². The maximum Gasteiger partial charge on any atom is 0.305 e. The lowest BCUT2D eigenvalue weighted by Gasteiger charge is -2.06. The lowest BCUT2D eigenvalue weighted by atomic mass is 10.0. The second-order valence-electron chi connectivity index (χ2n) is 16.1. The summed E-state index contributed by atoms with van der Waals surface area (Å²) < 4.78 is 5.48. The van der Waals surface area contributed by atoms with Gasteiger partial charge in [0.05, 0.1) is 6.61 Å². The van der Waals surface area contributed by atoms with Gasteiger partial charge in [0.1, 0.15) is 0 Å². The molecule has 0 saturated carbocycles. The topological polar surface area (TPSA) is 26.3 Å². The number of carbonyl (C=O) groups excluding carboxylic acids is 1. The Morgan fingerprint density at radius 3 is 0.673 bits per heavy atom. The van der Waals surface area contributed by atoms with E-state index in [1.807, 2.05) is 0 Å². The van der Waals surface area contributed by atoms with Crippen LogP contribution in [0.2, 0.25) is 0 Å². The molecule has 0 N–H and O–H groups in total. The number of carbonyl (C=O) groups is 1. The molecule has 0 radical (unpaired) electrons. The van der Waals surface area contributed by atoms with Gasteiger partial charge in [-0.1, -0.05) is 271 Å². The molecule has 49 heavy (non-hydrogen) atoms. The number of hydrogen-bond donors (Lipinski definition) is 0. The highest BCUT2D eigenvalue weighted by Crippen LogP contribution is 2.17. The van der Waals surface area contributed by atoms with Crippen LogP contribution in [0.4, 0.5) is 0 Å². The summed E-state index contributed by atoms with van der Waals surface area (Å²) in [5, 5.41) is 0. The van der Waals surface area contributed by atoms with Crippen molar-refractivity contribution in [3.63, 3.8) is 0 Å². The molecule has 0 rings (SSSR count). The number of rotatable bonds is 44. The van der Waals surface area contributed by atoms with E-state index in [-0.39, 0.29) is 5.97 Å². The zero-order valence-corrected chi connectivity index (χ0v) is 34.4. The lowest BCUT2D eigenvalue weighted by Crippen LogP contribution is -2.05. The minimum absolute atomic E-state index is 0.0314. The number of hydrogen-bond acceptors (Lipinski definition) is 2. The Hall–Kier alpha value is -0.530. The van der Waals surface area contributed by atoms with Crippen LogP contribution >= 0.6 is 0 Å².